The fourth-order valence-corrected chi connectivity index (χ4v) is 1.49. The third kappa shape index (κ3) is 5.11. The SMILES string of the molecule is CCCOCCOCC(=O)c1ccccc1C. The van der Waals surface area contributed by atoms with Crippen LogP contribution in [0.15, 0.2) is 24.3 Å². The molecule has 1 aromatic carbocycles. The number of ether oxygens (including phenoxy) is 2. The van der Waals surface area contributed by atoms with Crippen LogP contribution in [0, 0.1) is 6.92 Å². The first-order chi connectivity index (χ1) is 8.25. The van der Waals surface area contributed by atoms with Crippen molar-refractivity contribution in [3.8, 4) is 0 Å². The first-order valence-corrected chi connectivity index (χ1v) is 6.00. The zero-order valence-electron chi connectivity index (χ0n) is 10.6. The van der Waals surface area contributed by atoms with E-state index in [0.717, 1.165) is 24.2 Å². The van der Waals surface area contributed by atoms with Crippen molar-refractivity contribution < 1.29 is 14.3 Å². The molecule has 0 bridgehead atoms. The van der Waals surface area contributed by atoms with Gasteiger partial charge < -0.3 is 9.47 Å². The van der Waals surface area contributed by atoms with Gasteiger partial charge in [0.2, 0.25) is 0 Å². The molecule has 0 atom stereocenters. The summed E-state index contributed by atoms with van der Waals surface area (Å²) in [6.45, 7) is 5.88. The highest BCUT2D eigenvalue weighted by Crippen LogP contribution is 2.07. The molecular weight excluding hydrogens is 216 g/mol. The van der Waals surface area contributed by atoms with Gasteiger partial charge in [0.05, 0.1) is 13.2 Å². The van der Waals surface area contributed by atoms with Crippen LogP contribution in [0.1, 0.15) is 29.3 Å². The van der Waals surface area contributed by atoms with Gasteiger partial charge in [0.15, 0.2) is 5.78 Å². The van der Waals surface area contributed by atoms with Gasteiger partial charge in [-0.3, -0.25) is 4.79 Å². The smallest absolute Gasteiger partial charge is 0.188 e. The van der Waals surface area contributed by atoms with E-state index in [-0.39, 0.29) is 12.4 Å². The Morgan fingerprint density at radius 1 is 1.12 bits per heavy atom. The summed E-state index contributed by atoms with van der Waals surface area (Å²) in [4.78, 5) is 11.8. The van der Waals surface area contributed by atoms with Crippen LogP contribution < -0.4 is 0 Å². The normalized spacial score (nSPS) is 10.5. The fourth-order valence-electron chi connectivity index (χ4n) is 1.49. The average molecular weight is 236 g/mol. The maximum Gasteiger partial charge on any atom is 0.188 e. The number of rotatable bonds is 8. The predicted octanol–water partition coefficient (Wildman–Crippen LogP) is 2.62. The first kappa shape index (κ1) is 13.9. The monoisotopic (exact) mass is 236 g/mol. The number of Topliss-reactive ketones (excluding diaryl/α,β-unsaturated/α-hetero) is 1. The molecule has 0 unspecified atom stereocenters. The van der Waals surface area contributed by atoms with E-state index in [9.17, 15) is 4.79 Å². The van der Waals surface area contributed by atoms with Crippen molar-refractivity contribution >= 4 is 5.78 Å². The summed E-state index contributed by atoms with van der Waals surface area (Å²) < 4.78 is 10.5. The summed E-state index contributed by atoms with van der Waals surface area (Å²) in [7, 11) is 0. The summed E-state index contributed by atoms with van der Waals surface area (Å²) in [6, 6.07) is 7.54. The molecule has 0 N–H and O–H groups in total. The van der Waals surface area contributed by atoms with Crippen molar-refractivity contribution in [2.75, 3.05) is 26.4 Å². The summed E-state index contributed by atoms with van der Waals surface area (Å²) in [5, 5.41) is 0. The fraction of sp³-hybridized carbons (Fsp3) is 0.500. The minimum absolute atomic E-state index is 0.0265. The van der Waals surface area contributed by atoms with Gasteiger partial charge in [0.1, 0.15) is 6.61 Å². The minimum Gasteiger partial charge on any atom is -0.379 e. The Morgan fingerprint density at radius 2 is 1.82 bits per heavy atom. The van der Waals surface area contributed by atoms with Gasteiger partial charge in [-0.15, -0.1) is 0 Å². The second kappa shape index (κ2) is 7.98. The highest BCUT2D eigenvalue weighted by molar-refractivity contribution is 5.98. The number of aryl methyl sites for hydroxylation is 1. The van der Waals surface area contributed by atoms with Crippen molar-refractivity contribution in [3.63, 3.8) is 0 Å². The van der Waals surface area contributed by atoms with Crippen molar-refractivity contribution in [2.45, 2.75) is 20.3 Å². The van der Waals surface area contributed by atoms with Crippen LogP contribution in [0.2, 0.25) is 0 Å². The summed E-state index contributed by atoms with van der Waals surface area (Å²) in [5.74, 6) is 0.0265. The third-order valence-electron chi connectivity index (χ3n) is 2.40. The van der Waals surface area contributed by atoms with Crippen LogP contribution in [0.5, 0.6) is 0 Å². The predicted molar refractivity (Wildman–Crippen MR) is 67.4 cm³/mol. The molecule has 1 aromatic rings. The quantitative estimate of drug-likeness (QED) is 0.514. The van der Waals surface area contributed by atoms with Gasteiger partial charge >= 0.3 is 0 Å². The van der Waals surface area contributed by atoms with Crippen molar-refractivity contribution in [3.05, 3.63) is 35.4 Å². The number of hydrogen-bond acceptors (Lipinski definition) is 3. The lowest BCUT2D eigenvalue weighted by Crippen LogP contribution is -2.13. The molecule has 0 aliphatic carbocycles. The first-order valence-electron chi connectivity index (χ1n) is 6.00. The molecule has 3 heteroatoms. The van der Waals surface area contributed by atoms with E-state index in [1.165, 1.54) is 0 Å². The topological polar surface area (TPSA) is 35.5 Å². The van der Waals surface area contributed by atoms with Crippen LogP contribution in [0.4, 0.5) is 0 Å². The molecule has 94 valence electrons. The van der Waals surface area contributed by atoms with E-state index in [1.807, 2.05) is 31.2 Å². The molecule has 0 aliphatic heterocycles. The number of hydrogen-bond donors (Lipinski definition) is 0. The van der Waals surface area contributed by atoms with Crippen LogP contribution in [-0.2, 0) is 9.47 Å². The second-order valence-corrected chi connectivity index (χ2v) is 3.90. The van der Waals surface area contributed by atoms with E-state index in [2.05, 4.69) is 6.92 Å². The molecule has 0 saturated carbocycles. The third-order valence-corrected chi connectivity index (χ3v) is 2.40. The Kier molecular flexibility index (Phi) is 6.51. The van der Waals surface area contributed by atoms with Crippen LogP contribution >= 0.6 is 0 Å². The number of ketones is 1. The molecular formula is C14H20O3. The lowest BCUT2D eigenvalue weighted by Gasteiger charge is -2.06. The average Bonchev–Trinajstić information content (AvgIpc) is 2.34. The lowest BCUT2D eigenvalue weighted by molar-refractivity contribution is 0.0441. The molecule has 3 nitrogen and oxygen atoms in total. The van der Waals surface area contributed by atoms with Gasteiger partial charge in [-0.2, -0.15) is 0 Å². The van der Waals surface area contributed by atoms with Crippen LogP contribution in [-0.4, -0.2) is 32.2 Å². The highest BCUT2D eigenvalue weighted by atomic mass is 16.5. The summed E-state index contributed by atoms with van der Waals surface area (Å²) >= 11 is 0. The summed E-state index contributed by atoms with van der Waals surface area (Å²) in [6.07, 6.45) is 1.00. The van der Waals surface area contributed by atoms with Crippen molar-refractivity contribution in [2.24, 2.45) is 0 Å². The Bertz CT molecular complexity index is 347. The molecule has 0 fully saturated rings. The van der Waals surface area contributed by atoms with Crippen LogP contribution in [0.3, 0.4) is 0 Å². The molecule has 17 heavy (non-hydrogen) atoms. The van der Waals surface area contributed by atoms with Gasteiger partial charge in [-0.25, -0.2) is 0 Å². The van der Waals surface area contributed by atoms with Crippen molar-refractivity contribution in [1.82, 2.24) is 0 Å². The molecule has 0 aromatic heterocycles. The number of carbonyl (C=O) groups is 1. The molecule has 0 radical (unpaired) electrons. The van der Waals surface area contributed by atoms with E-state index in [4.69, 9.17) is 9.47 Å². The Hall–Kier alpha value is -1.19. The lowest BCUT2D eigenvalue weighted by atomic mass is 10.1. The maximum atomic E-state index is 11.8. The summed E-state index contributed by atoms with van der Waals surface area (Å²) in [5.41, 5.74) is 1.73. The molecule has 0 amide bonds. The molecule has 0 aliphatic rings. The van der Waals surface area contributed by atoms with E-state index < -0.39 is 0 Å². The second-order valence-electron chi connectivity index (χ2n) is 3.90. The maximum absolute atomic E-state index is 11.8. The van der Waals surface area contributed by atoms with E-state index >= 15 is 0 Å². The number of carbonyl (C=O) groups excluding carboxylic acids is 1. The minimum atomic E-state index is 0.0265. The zero-order valence-corrected chi connectivity index (χ0v) is 10.6. The van der Waals surface area contributed by atoms with E-state index in [1.54, 1.807) is 0 Å². The molecule has 0 heterocycles. The Balaban J connectivity index is 2.24. The highest BCUT2D eigenvalue weighted by Gasteiger charge is 2.07. The molecule has 0 spiro atoms. The molecule has 1 rings (SSSR count). The van der Waals surface area contributed by atoms with Gasteiger partial charge in [-0.05, 0) is 18.9 Å². The Labute approximate surface area is 103 Å². The van der Waals surface area contributed by atoms with Gasteiger partial charge in [0.25, 0.3) is 0 Å². The molecule has 0 saturated heterocycles. The zero-order chi connectivity index (χ0) is 12.5. The Morgan fingerprint density at radius 3 is 2.53 bits per heavy atom. The van der Waals surface area contributed by atoms with E-state index in [0.29, 0.717) is 13.2 Å². The largest absolute Gasteiger partial charge is 0.379 e. The van der Waals surface area contributed by atoms with Crippen LogP contribution in [0.25, 0.3) is 0 Å². The van der Waals surface area contributed by atoms with Crippen molar-refractivity contribution in [1.29, 1.82) is 0 Å². The standard InChI is InChI=1S/C14H20O3/c1-3-8-16-9-10-17-11-14(15)13-7-5-4-6-12(13)2/h4-7H,3,8-11H2,1-2H3. The number of benzene rings is 1. The van der Waals surface area contributed by atoms with Gasteiger partial charge in [-0.1, -0.05) is 31.2 Å². The van der Waals surface area contributed by atoms with Gasteiger partial charge in [0, 0.05) is 12.2 Å².